The van der Waals surface area contributed by atoms with Crippen molar-refractivity contribution >= 4 is 5.97 Å². The molecular weight excluding hydrogens is 204 g/mol. The van der Waals surface area contributed by atoms with Crippen molar-refractivity contribution in [1.29, 1.82) is 0 Å². The fourth-order valence-electron chi connectivity index (χ4n) is 1.98. The molecule has 0 aliphatic carbocycles. The second-order valence-electron chi connectivity index (χ2n) is 4.87. The predicted octanol–water partition coefficient (Wildman–Crippen LogP) is 2.78. The zero-order valence-corrected chi connectivity index (χ0v) is 10.4. The van der Waals surface area contributed by atoms with Crippen LogP contribution >= 0.6 is 0 Å². The van der Waals surface area contributed by atoms with Gasteiger partial charge in [0.15, 0.2) is 0 Å². The maximum absolute atomic E-state index is 11.5. The van der Waals surface area contributed by atoms with Gasteiger partial charge in [-0.3, -0.25) is 0 Å². The number of carbonyl (C=O) groups excluding carboxylic acids is 1. The minimum absolute atomic E-state index is 0.210. The van der Waals surface area contributed by atoms with Crippen LogP contribution in [0.3, 0.4) is 0 Å². The molecule has 0 aliphatic heterocycles. The zero-order chi connectivity index (χ0) is 12.5. The van der Waals surface area contributed by atoms with Gasteiger partial charge < -0.3 is 9.84 Å². The summed E-state index contributed by atoms with van der Waals surface area (Å²) in [6.07, 6.45) is 0. The Hall–Kier alpha value is -1.51. The van der Waals surface area contributed by atoms with Crippen molar-refractivity contribution in [2.75, 3.05) is 7.11 Å². The molecule has 0 saturated carbocycles. The van der Waals surface area contributed by atoms with Gasteiger partial charge in [0.2, 0.25) is 0 Å². The molecule has 0 heterocycles. The molecule has 0 saturated heterocycles. The van der Waals surface area contributed by atoms with Crippen molar-refractivity contribution in [3.63, 3.8) is 0 Å². The average molecular weight is 222 g/mol. The van der Waals surface area contributed by atoms with Gasteiger partial charge in [-0.2, -0.15) is 0 Å². The molecule has 0 bridgehead atoms. The van der Waals surface area contributed by atoms with Gasteiger partial charge in [0.05, 0.1) is 12.7 Å². The second kappa shape index (κ2) is 4.16. The molecule has 88 valence electrons. The van der Waals surface area contributed by atoms with E-state index in [9.17, 15) is 9.90 Å². The molecule has 3 heteroatoms. The monoisotopic (exact) mass is 222 g/mol. The minimum atomic E-state index is -0.372. The molecule has 0 amide bonds. The van der Waals surface area contributed by atoms with E-state index in [1.165, 1.54) is 7.11 Å². The van der Waals surface area contributed by atoms with E-state index < -0.39 is 0 Å². The Morgan fingerprint density at radius 2 is 1.88 bits per heavy atom. The molecule has 0 aliphatic rings. The fourth-order valence-corrected chi connectivity index (χ4v) is 1.98. The normalized spacial score (nSPS) is 11.3. The number of aromatic hydroxyl groups is 1. The highest BCUT2D eigenvalue weighted by atomic mass is 16.5. The third kappa shape index (κ3) is 2.18. The van der Waals surface area contributed by atoms with Crippen LogP contribution in [0.2, 0.25) is 0 Å². The summed E-state index contributed by atoms with van der Waals surface area (Å²) >= 11 is 0. The van der Waals surface area contributed by atoms with Crippen molar-refractivity contribution in [2.24, 2.45) is 0 Å². The Morgan fingerprint density at radius 3 is 2.31 bits per heavy atom. The number of phenols is 1. The Morgan fingerprint density at radius 1 is 1.31 bits per heavy atom. The molecule has 0 radical (unpaired) electrons. The van der Waals surface area contributed by atoms with Gasteiger partial charge in [0, 0.05) is 5.56 Å². The molecule has 0 atom stereocenters. The highest BCUT2D eigenvalue weighted by Gasteiger charge is 2.24. The number of ether oxygens (including phenoxy) is 1. The van der Waals surface area contributed by atoms with Crippen molar-refractivity contribution in [3.05, 3.63) is 28.8 Å². The highest BCUT2D eigenvalue weighted by Crippen LogP contribution is 2.35. The second-order valence-corrected chi connectivity index (χ2v) is 4.87. The maximum atomic E-state index is 11.5. The molecule has 16 heavy (non-hydrogen) atoms. The largest absolute Gasteiger partial charge is 0.508 e. The number of hydrogen-bond acceptors (Lipinski definition) is 3. The van der Waals surface area contributed by atoms with E-state index in [1.807, 2.05) is 27.7 Å². The van der Waals surface area contributed by atoms with Gasteiger partial charge in [-0.25, -0.2) is 4.79 Å². The zero-order valence-electron chi connectivity index (χ0n) is 10.4. The molecule has 0 spiro atoms. The van der Waals surface area contributed by atoms with Crippen molar-refractivity contribution in [1.82, 2.24) is 0 Å². The molecule has 1 aromatic carbocycles. The third-order valence-electron chi connectivity index (χ3n) is 2.60. The lowest BCUT2D eigenvalue weighted by molar-refractivity contribution is 0.0599. The summed E-state index contributed by atoms with van der Waals surface area (Å²) in [6, 6.07) is 3.13. The molecule has 0 aromatic heterocycles. The smallest absolute Gasteiger partial charge is 0.338 e. The lowest BCUT2D eigenvalue weighted by Gasteiger charge is -2.24. The summed E-state index contributed by atoms with van der Waals surface area (Å²) in [6.45, 7) is 7.81. The van der Waals surface area contributed by atoms with E-state index in [0.29, 0.717) is 5.56 Å². The summed E-state index contributed by atoms with van der Waals surface area (Å²) in [5, 5.41) is 9.85. The van der Waals surface area contributed by atoms with Gasteiger partial charge in [-0.1, -0.05) is 20.8 Å². The quantitative estimate of drug-likeness (QED) is 0.743. The van der Waals surface area contributed by atoms with E-state index in [-0.39, 0.29) is 17.1 Å². The Labute approximate surface area is 96.1 Å². The molecule has 3 nitrogen and oxygen atoms in total. The van der Waals surface area contributed by atoms with Crippen LogP contribution in [0.4, 0.5) is 0 Å². The van der Waals surface area contributed by atoms with Crippen LogP contribution < -0.4 is 0 Å². The van der Waals surface area contributed by atoms with Gasteiger partial charge in [-0.15, -0.1) is 0 Å². The Bertz CT molecular complexity index is 414. The molecule has 0 unspecified atom stereocenters. The summed E-state index contributed by atoms with van der Waals surface area (Å²) in [7, 11) is 1.35. The molecular formula is C13H18O3. The molecule has 1 N–H and O–H groups in total. The standard InChI is InChI=1S/C13H18O3/c1-8-9(12(15)16-5)6-7-10(14)11(8)13(2,3)4/h6-7,14H,1-5H3. The topological polar surface area (TPSA) is 46.5 Å². The van der Waals surface area contributed by atoms with Crippen LogP contribution in [0, 0.1) is 6.92 Å². The number of methoxy groups -OCH3 is 1. The van der Waals surface area contributed by atoms with Crippen molar-refractivity contribution in [2.45, 2.75) is 33.1 Å². The van der Waals surface area contributed by atoms with E-state index in [4.69, 9.17) is 4.74 Å². The van der Waals surface area contributed by atoms with E-state index in [2.05, 4.69) is 0 Å². The van der Waals surface area contributed by atoms with Gasteiger partial charge in [0.1, 0.15) is 5.75 Å². The number of benzene rings is 1. The van der Waals surface area contributed by atoms with Crippen LogP contribution in [0.5, 0.6) is 5.75 Å². The number of phenolic OH excluding ortho intramolecular Hbond substituents is 1. The maximum Gasteiger partial charge on any atom is 0.338 e. The van der Waals surface area contributed by atoms with Crippen LogP contribution in [0.15, 0.2) is 12.1 Å². The highest BCUT2D eigenvalue weighted by molar-refractivity contribution is 5.91. The van der Waals surface area contributed by atoms with E-state index >= 15 is 0 Å². The lowest BCUT2D eigenvalue weighted by Crippen LogP contribution is -2.16. The summed E-state index contributed by atoms with van der Waals surface area (Å²) in [5.74, 6) is -0.152. The van der Waals surface area contributed by atoms with Gasteiger partial charge >= 0.3 is 5.97 Å². The average Bonchev–Trinajstić information content (AvgIpc) is 2.14. The van der Waals surface area contributed by atoms with Crippen LogP contribution in [0.25, 0.3) is 0 Å². The number of rotatable bonds is 1. The van der Waals surface area contributed by atoms with Crippen LogP contribution in [0.1, 0.15) is 42.3 Å². The summed E-state index contributed by atoms with van der Waals surface area (Å²) in [4.78, 5) is 11.5. The first-order chi connectivity index (χ1) is 7.29. The van der Waals surface area contributed by atoms with E-state index in [0.717, 1.165) is 11.1 Å². The first-order valence-electron chi connectivity index (χ1n) is 5.20. The number of esters is 1. The van der Waals surface area contributed by atoms with Crippen LogP contribution in [-0.2, 0) is 10.2 Å². The Balaban J connectivity index is 3.45. The van der Waals surface area contributed by atoms with Crippen LogP contribution in [-0.4, -0.2) is 18.2 Å². The summed E-state index contributed by atoms with van der Waals surface area (Å²) in [5.41, 5.74) is 1.86. The fraction of sp³-hybridized carbons (Fsp3) is 0.462. The first kappa shape index (κ1) is 12.6. The van der Waals surface area contributed by atoms with Gasteiger partial charge in [0.25, 0.3) is 0 Å². The first-order valence-corrected chi connectivity index (χ1v) is 5.20. The summed E-state index contributed by atoms with van der Waals surface area (Å²) < 4.78 is 4.70. The van der Waals surface area contributed by atoms with Crippen molar-refractivity contribution < 1.29 is 14.6 Å². The van der Waals surface area contributed by atoms with E-state index in [1.54, 1.807) is 12.1 Å². The third-order valence-corrected chi connectivity index (χ3v) is 2.60. The lowest BCUT2D eigenvalue weighted by atomic mass is 9.82. The number of carbonyl (C=O) groups is 1. The number of hydrogen-bond donors (Lipinski definition) is 1. The predicted molar refractivity (Wildman–Crippen MR) is 62.9 cm³/mol. The van der Waals surface area contributed by atoms with Crippen molar-refractivity contribution in [3.8, 4) is 5.75 Å². The molecule has 0 fully saturated rings. The Kier molecular flexibility index (Phi) is 3.27. The molecule has 1 rings (SSSR count). The minimum Gasteiger partial charge on any atom is -0.508 e. The molecule has 1 aromatic rings. The SMILES string of the molecule is COC(=O)c1ccc(O)c(C(C)(C)C)c1C. The van der Waals surface area contributed by atoms with Gasteiger partial charge in [-0.05, 0) is 30.0 Å².